The van der Waals surface area contributed by atoms with Crippen LogP contribution >= 0.6 is 34.9 Å². The molecule has 12 nitrogen and oxygen atoms in total. The number of nitrogens with zero attached hydrogens (tertiary/aromatic N) is 3. The first-order chi connectivity index (χ1) is 19.1. The molecule has 3 amide bonds. The summed E-state index contributed by atoms with van der Waals surface area (Å²) in [6.45, 7) is 3.32. The number of aromatic nitrogens is 1. The normalized spacial score (nSPS) is 18.5. The predicted molar refractivity (Wildman–Crippen MR) is 155 cm³/mol. The second kappa shape index (κ2) is 12.7. The molecule has 2 aliphatic rings. The average molecular weight is 603 g/mol. The monoisotopic (exact) mass is 602 g/mol. The molecule has 1 fully saturated rings. The van der Waals surface area contributed by atoms with Crippen LogP contribution in [0, 0.1) is 6.92 Å². The lowest BCUT2D eigenvalue weighted by atomic mass is 9.96. The molecule has 1 saturated heterocycles. The molecule has 0 aliphatic carbocycles. The Kier molecular flexibility index (Phi) is 9.27. The van der Waals surface area contributed by atoms with Crippen LogP contribution in [0.15, 0.2) is 40.0 Å². The minimum atomic E-state index is -0.861. The van der Waals surface area contributed by atoms with Gasteiger partial charge in [-0.15, -0.1) is 23.1 Å². The van der Waals surface area contributed by atoms with Crippen molar-refractivity contribution in [3.05, 3.63) is 51.7 Å². The van der Waals surface area contributed by atoms with Gasteiger partial charge in [0.25, 0.3) is 11.8 Å². The van der Waals surface area contributed by atoms with Crippen LogP contribution in [0.4, 0.5) is 10.8 Å². The molecule has 1 aromatic heterocycles. The van der Waals surface area contributed by atoms with Crippen molar-refractivity contribution in [3.63, 3.8) is 0 Å². The number of hydrogen-bond acceptors (Lipinski definition) is 12. The van der Waals surface area contributed by atoms with E-state index in [2.05, 4.69) is 20.8 Å². The summed E-state index contributed by atoms with van der Waals surface area (Å²) in [4.78, 5) is 71.7. The van der Waals surface area contributed by atoms with Gasteiger partial charge in [-0.05, 0) is 42.2 Å². The highest BCUT2D eigenvalue weighted by molar-refractivity contribution is 8.14. The summed E-state index contributed by atoms with van der Waals surface area (Å²) >= 11 is 3.50. The van der Waals surface area contributed by atoms with Crippen LogP contribution in [0.5, 0.6) is 0 Å². The van der Waals surface area contributed by atoms with E-state index in [1.807, 2.05) is 19.1 Å². The molecule has 4 N–H and O–H groups in total. The van der Waals surface area contributed by atoms with Crippen molar-refractivity contribution < 1.29 is 28.8 Å². The third kappa shape index (κ3) is 6.37. The first-order valence-electron chi connectivity index (χ1n) is 11.9. The number of oxime groups is 1. The number of nitrogen functional groups attached to an aromatic ring is 1. The number of amides is 3. The second-order valence-electron chi connectivity index (χ2n) is 8.81. The van der Waals surface area contributed by atoms with Crippen LogP contribution in [0.25, 0.3) is 0 Å². The van der Waals surface area contributed by atoms with Crippen LogP contribution in [0.1, 0.15) is 23.7 Å². The molecule has 0 unspecified atom stereocenters. The molecule has 15 heteroatoms. The van der Waals surface area contributed by atoms with Crippen LogP contribution in [0.2, 0.25) is 0 Å². The zero-order chi connectivity index (χ0) is 29.0. The van der Waals surface area contributed by atoms with Crippen molar-refractivity contribution in [3.8, 4) is 0 Å². The fraction of sp³-hybridized carbons (Fsp3) is 0.320. The molecule has 4 rings (SSSR count). The van der Waals surface area contributed by atoms with Crippen molar-refractivity contribution in [1.29, 1.82) is 0 Å². The number of nitrogens with one attached hydrogen (secondary N) is 2. The van der Waals surface area contributed by atoms with E-state index in [9.17, 15) is 24.0 Å². The number of carbonyl (C=O) groups excluding carboxylic acids is 5. The number of β-lactam (4-membered cyclic amide) rings is 1. The Morgan fingerprint density at radius 2 is 2.12 bits per heavy atom. The number of rotatable bonds is 10. The van der Waals surface area contributed by atoms with Gasteiger partial charge in [0.15, 0.2) is 22.2 Å². The van der Waals surface area contributed by atoms with E-state index in [1.165, 1.54) is 30.7 Å². The predicted octanol–water partition coefficient (Wildman–Crippen LogP) is 1.70. The SMILES string of the molecule is CO/N=C(\C(=O)N[C@@H]1C(=O)N2C(C=O)=C(Cc3cc(NC(=O)CSC(C)=O)ccc3C)CS[C@H]12)c1csc(N)n1. The number of fused-ring (bicyclic) bond motifs is 1. The maximum absolute atomic E-state index is 13.1. The molecular weight excluding hydrogens is 577 g/mol. The standard InChI is InChI=1S/C25H26N6O6S3/c1-12-4-5-16(27-19(34)11-38-13(2)33)7-14(12)6-15-9-39-24-21(23(36)31(24)18(15)8-32)29-22(35)20(30-37-3)17-10-40-25(26)28-17/h4-5,7-8,10,21,24H,6,9,11H2,1-3H3,(H2,26,28)(H,27,34)(H,29,35)/b30-20-/t21-,24-/m1/s1. The largest absolute Gasteiger partial charge is 0.398 e. The van der Waals surface area contributed by atoms with E-state index in [1.54, 1.807) is 11.4 Å². The average Bonchev–Trinajstić information content (AvgIpc) is 3.36. The summed E-state index contributed by atoms with van der Waals surface area (Å²) in [5, 5.41) is 10.4. The summed E-state index contributed by atoms with van der Waals surface area (Å²) in [5.74, 6) is -0.885. The molecular formula is C25H26N6O6S3. The third-order valence-electron chi connectivity index (χ3n) is 6.10. The topological polar surface area (TPSA) is 173 Å². The molecule has 40 heavy (non-hydrogen) atoms. The number of nitrogens with two attached hydrogens (primary N) is 1. The zero-order valence-corrected chi connectivity index (χ0v) is 24.2. The highest BCUT2D eigenvalue weighted by Gasteiger charge is 2.52. The van der Waals surface area contributed by atoms with E-state index in [4.69, 9.17) is 10.6 Å². The van der Waals surface area contributed by atoms with Crippen molar-refractivity contribution in [2.45, 2.75) is 31.7 Å². The maximum Gasteiger partial charge on any atom is 0.276 e. The smallest absolute Gasteiger partial charge is 0.276 e. The summed E-state index contributed by atoms with van der Waals surface area (Å²) < 4.78 is 0. The van der Waals surface area contributed by atoms with Crippen molar-refractivity contribution in [2.24, 2.45) is 5.16 Å². The molecule has 0 saturated carbocycles. The minimum Gasteiger partial charge on any atom is -0.398 e. The lowest BCUT2D eigenvalue weighted by molar-refractivity contribution is -0.145. The summed E-state index contributed by atoms with van der Waals surface area (Å²) in [5.41, 5.74) is 9.21. The van der Waals surface area contributed by atoms with Gasteiger partial charge in [0.1, 0.15) is 24.2 Å². The van der Waals surface area contributed by atoms with Gasteiger partial charge < -0.3 is 21.2 Å². The Morgan fingerprint density at radius 1 is 1.35 bits per heavy atom. The minimum absolute atomic E-state index is 0.0163. The summed E-state index contributed by atoms with van der Waals surface area (Å²) in [6, 6.07) is 4.59. The van der Waals surface area contributed by atoms with E-state index in [0.717, 1.165) is 39.8 Å². The molecule has 2 aliphatic heterocycles. The van der Waals surface area contributed by atoms with Gasteiger partial charge in [0.05, 0.1) is 11.4 Å². The van der Waals surface area contributed by atoms with Gasteiger partial charge in [0, 0.05) is 23.7 Å². The Morgan fingerprint density at radius 3 is 2.77 bits per heavy atom. The lowest BCUT2D eigenvalue weighted by Gasteiger charge is -2.49. The Hall–Kier alpha value is -3.69. The number of allylic oxidation sites excluding steroid dienone is 1. The summed E-state index contributed by atoms with van der Waals surface area (Å²) in [7, 11) is 1.29. The van der Waals surface area contributed by atoms with Gasteiger partial charge >= 0.3 is 0 Å². The highest BCUT2D eigenvalue weighted by Crippen LogP contribution is 2.40. The molecule has 1 aromatic carbocycles. The fourth-order valence-corrected chi connectivity index (χ4v) is 6.49. The first kappa shape index (κ1) is 29.3. The second-order valence-corrected chi connectivity index (χ2v) is 12.0. The molecule has 0 radical (unpaired) electrons. The number of aryl methyl sites for hydroxylation is 1. The molecule has 0 spiro atoms. The summed E-state index contributed by atoms with van der Waals surface area (Å²) in [6.07, 6.45) is 1.05. The van der Waals surface area contributed by atoms with Crippen molar-refractivity contribution in [1.82, 2.24) is 15.2 Å². The number of hydrogen-bond donors (Lipinski definition) is 3. The van der Waals surface area contributed by atoms with Crippen LogP contribution in [0.3, 0.4) is 0 Å². The molecule has 2 atom stereocenters. The number of carbonyl (C=O) groups is 5. The Balaban J connectivity index is 1.47. The number of anilines is 2. The number of thiazole rings is 1. The fourth-order valence-electron chi connectivity index (χ4n) is 4.17. The number of benzene rings is 1. The van der Waals surface area contributed by atoms with E-state index < -0.39 is 23.2 Å². The zero-order valence-electron chi connectivity index (χ0n) is 21.8. The quantitative estimate of drug-likeness (QED) is 0.157. The van der Waals surface area contributed by atoms with Gasteiger partial charge in [-0.1, -0.05) is 23.0 Å². The molecule has 210 valence electrons. The Labute approximate surface area is 242 Å². The van der Waals surface area contributed by atoms with Crippen molar-refractivity contribution >= 4 is 80.5 Å². The van der Waals surface area contributed by atoms with E-state index in [-0.39, 0.29) is 39.0 Å². The van der Waals surface area contributed by atoms with Gasteiger partial charge in [0.2, 0.25) is 5.91 Å². The molecule has 2 aromatic rings. The maximum atomic E-state index is 13.1. The van der Waals surface area contributed by atoms with Crippen molar-refractivity contribution in [2.75, 3.05) is 29.7 Å². The molecule has 0 bridgehead atoms. The molecule has 3 heterocycles. The van der Waals surface area contributed by atoms with E-state index in [0.29, 0.717) is 24.1 Å². The van der Waals surface area contributed by atoms with Crippen LogP contribution in [-0.4, -0.2) is 74.7 Å². The van der Waals surface area contributed by atoms with E-state index >= 15 is 0 Å². The van der Waals surface area contributed by atoms with Gasteiger partial charge in [-0.25, -0.2) is 4.98 Å². The van der Waals surface area contributed by atoms with Gasteiger partial charge in [-0.3, -0.25) is 28.9 Å². The highest BCUT2D eigenvalue weighted by atomic mass is 32.2. The van der Waals surface area contributed by atoms with Crippen LogP contribution in [-0.2, 0) is 35.2 Å². The third-order valence-corrected chi connectivity index (χ3v) is 8.92. The lowest BCUT2D eigenvalue weighted by Crippen LogP contribution is -2.70. The number of aldehydes is 1. The van der Waals surface area contributed by atoms with Gasteiger partial charge in [-0.2, -0.15) is 0 Å². The Bertz CT molecular complexity index is 1440. The van der Waals surface area contributed by atoms with Crippen LogP contribution < -0.4 is 16.4 Å². The number of thioether (sulfide) groups is 2. The first-order valence-corrected chi connectivity index (χ1v) is 14.8.